The molecule has 98 valence electrons. The number of anilines is 2. The molecule has 19 heavy (non-hydrogen) atoms. The molecule has 0 radical (unpaired) electrons. The molecule has 0 aliphatic heterocycles. The highest BCUT2D eigenvalue weighted by molar-refractivity contribution is 6.07. The number of nitrogens with two attached hydrogens (primary N) is 1. The summed E-state index contributed by atoms with van der Waals surface area (Å²) in [6.45, 7) is 2.50. The average molecular weight is 256 g/mol. The highest BCUT2D eigenvalue weighted by atomic mass is 16.5. The van der Waals surface area contributed by atoms with Crippen LogP contribution in [0.3, 0.4) is 0 Å². The molecule has 0 aliphatic carbocycles. The molecule has 0 bridgehead atoms. The van der Waals surface area contributed by atoms with Crippen LogP contribution < -0.4 is 15.8 Å². The Labute approximate surface area is 112 Å². The van der Waals surface area contributed by atoms with Crippen LogP contribution in [0.1, 0.15) is 17.3 Å². The summed E-state index contributed by atoms with van der Waals surface area (Å²) in [5.41, 5.74) is 7.37. The zero-order valence-electron chi connectivity index (χ0n) is 10.7. The number of rotatable bonds is 4. The Balaban J connectivity index is 2.15. The van der Waals surface area contributed by atoms with Crippen LogP contribution in [0.25, 0.3) is 0 Å². The lowest BCUT2D eigenvalue weighted by Gasteiger charge is -2.09. The van der Waals surface area contributed by atoms with Crippen molar-refractivity contribution >= 4 is 17.3 Å². The number of carbonyl (C=O) groups excluding carboxylic acids is 1. The Morgan fingerprint density at radius 2 is 2.00 bits per heavy atom. The van der Waals surface area contributed by atoms with E-state index >= 15 is 0 Å². The van der Waals surface area contributed by atoms with Gasteiger partial charge in [-0.15, -0.1) is 0 Å². The largest absolute Gasteiger partial charge is 0.494 e. The second-order valence-corrected chi connectivity index (χ2v) is 4.00. The van der Waals surface area contributed by atoms with E-state index in [1.807, 2.05) is 19.1 Å². The van der Waals surface area contributed by atoms with Crippen molar-refractivity contribution in [3.63, 3.8) is 0 Å². The van der Waals surface area contributed by atoms with E-state index in [1.165, 1.54) is 0 Å². The number of para-hydroxylation sites is 1. The fraction of sp³-hybridized carbons (Fsp3) is 0.133. The molecular formula is C15H16N2O2. The zero-order valence-corrected chi connectivity index (χ0v) is 10.7. The molecule has 3 N–H and O–H groups in total. The maximum absolute atomic E-state index is 12.1. The first-order valence-corrected chi connectivity index (χ1v) is 6.09. The van der Waals surface area contributed by atoms with Crippen molar-refractivity contribution in [3.05, 3.63) is 54.1 Å². The zero-order chi connectivity index (χ0) is 13.7. The van der Waals surface area contributed by atoms with Gasteiger partial charge in [-0.25, -0.2) is 0 Å². The number of hydrogen-bond acceptors (Lipinski definition) is 3. The highest BCUT2D eigenvalue weighted by Gasteiger charge is 2.09. The first-order valence-electron chi connectivity index (χ1n) is 6.09. The highest BCUT2D eigenvalue weighted by Crippen LogP contribution is 2.19. The Morgan fingerprint density at radius 1 is 1.21 bits per heavy atom. The van der Waals surface area contributed by atoms with Crippen molar-refractivity contribution in [2.75, 3.05) is 17.7 Å². The molecule has 0 aliphatic rings. The van der Waals surface area contributed by atoms with Crippen LogP contribution in [0.2, 0.25) is 0 Å². The maximum Gasteiger partial charge on any atom is 0.257 e. The number of hydrogen-bond donors (Lipinski definition) is 2. The van der Waals surface area contributed by atoms with Crippen LogP contribution in [0.15, 0.2) is 48.5 Å². The Kier molecular flexibility index (Phi) is 4.03. The molecule has 0 heterocycles. The van der Waals surface area contributed by atoms with E-state index in [0.29, 0.717) is 23.5 Å². The molecule has 4 heteroatoms. The topological polar surface area (TPSA) is 64.3 Å². The number of carbonyl (C=O) groups is 1. The fourth-order valence-corrected chi connectivity index (χ4v) is 1.73. The lowest BCUT2D eigenvalue weighted by molar-refractivity contribution is 0.102. The monoisotopic (exact) mass is 256 g/mol. The number of nitrogens with one attached hydrogen (secondary N) is 1. The number of amides is 1. The van der Waals surface area contributed by atoms with Gasteiger partial charge in [0.15, 0.2) is 0 Å². The van der Waals surface area contributed by atoms with Crippen molar-refractivity contribution in [3.8, 4) is 5.75 Å². The summed E-state index contributed by atoms with van der Waals surface area (Å²) >= 11 is 0. The quantitative estimate of drug-likeness (QED) is 0.827. The van der Waals surface area contributed by atoms with Crippen LogP contribution in [0.4, 0.5) is 11.4 Å². The molecule has 2 aromatic carbocycles. The number of ether oxygens (including phenoxy) is 1. The Morgan fingerprint density at radius 3 is 2.74 bits per heavy atom. The minimum absolute atomic E-state index is 0.230. The van der Waals surface area contributed by atoms with Gasteiger partial charge in [-0.05, 0) is 31.2 Å². The molecule has 0 fully saturated rings. The van der Waals surface area contributed by atoms with Gasteiger partial charge in [0.25, 0.3) is 5.91 Å². The van der Waals surface area contributed by atoms with Gasteiger partial charge in [-0.2, -0.15) is 0 Å². The van der Waals surface area contributed by atoms with E-state index in [1.54, 1.807) is 36.4 Å². The SMILES string of the molecule is CCOc1cccc(NC(=O)c2ccccc2N)c1. The van der Waals surface area contributed by atoms with Gasteiger partial charge < -0.3 is 15.8 Å². The first kappa shape index (κ1) is 13.0. The average Bonchev–Trinajstić information content (AvgIpc) is 2.40. The van der Waals surface area contributed by atoms with E-state index in [4.69, 9.17) is 10.5 Å². The molecule has 0 spiro atoms. The third-order valence-corrected chi connectivity index (χ3v) is 2.61. The lowest BCUT2D eigenvalue weighted by Crippen LogP contribution is -2.13. The summed E-state index contributed by atoms with van der Waals surface area (Å²) in [6.07, 6.45) is 0. The minimum atomic E-state index is -0.230. The van der Waals surface area contributed by atoms with Crippen molar-refractivity contribution in [1.82, 2.24) is 0 Å². The maximum atomic E-state index is 12.1. The third kappa shape index (κ3) is 3.25. The molecular weight excluding hydrogens is 240 g/mol. The van der Waals surface area contributed by atoms with Gasteiger partial charge in [0.2, 0.25) is 0 Å². The molecule has 0 unspecified atom stereocenters. The van der Waals surface area contributed by atoms with Crippen LogP contribution in [0.5, 0.6) is 5.75 Å². The van der Waals surface area contributed by atoms with E-state index in [2.05, 4.69) is 5.32 Å². The second kappa shape index (κ2) is 5.91. The summed E-state index contributed by atoms with van der Waals surface area (Å²) in [5.74, 6) is 0.494. The van der Waals surface area contributed by atoms with Crippen molar-refractivity contribution < 1.29 is 9.53 Å². The number of nitrogen functional groups attached to an aromatic ring is 1. The van der Waals surface area contributed by atoms with Gasteiger partial charge in [0.05, 0.1) is 12.2 Å². The summed E-state index contributed by atoms with van der Waals surface area (Å²) in [7, 11) is 0. The molecule has 2 rings (SSSR count). The van der Waals surface area contributed by atoms with Gasteiger partial charge in [0, 0.05) is 17.4 Å². The van der Waals surface area contributed by atoms with Gasteiger partial charge in [0.1, 0.15) is 5.75 Å². The third-order valence-electron chi connectivity index (χ3n) is 2.61. The minimum Gasteiger partial charge on any atom is -0.494 e. The molecule has 0 atom stereocenters. The molecule has 4 nitrogen and oxygen atoms in total. The Hall–Kier alpha value is -2.49. The van der Waals surface area contributed by atoms with Crippen molar-refractivity contribution in [1.29, 1.82) is 0 Å². The standard InChI is InChI=1S/C15H16N2O2/c1-2-19-12-7-5-6-11(10-12)17-15(18)13-8-3-4-9-14(13)16/h3-10H,2,16H2,1H3,(H,17,18). The second-order valence-electron chi connectivity index (χ2n) is 4.00. The molecule has 0 saturated carbocycles. The van der Waals surface area contributed by atoms with E-state index < -0.39 is 0 Å². The van der Waals surface area contributed by atoms with Crippen molar-refractivity contribution in [2.24, 2.45) is 0 Å². The summed E-state index contributed by atoms with van der Waals surface area (Å²) in [4.78, 5) is 12.1. The predicted octanol–water partition coefficient (Wildman–Crippen LogP) is 2.92. The summed E-state index contributed by atoms with van der Waals surface area (Å²) in [6, 6.07) is 14.2. The van der Waals surface area contributed by atoms with Crippen molar-refractivity contribution in [2.45, 2.75) is 6.92 Å². The lowest BCUT2D eigenvalue weighted by atomic mass is 10.1. The molecule has 0 saturated heterocycles. The van der Waals surface area contributed by atoms with Crippen LogP contribution in [0, 0.1) is 0 Å². The van der Waals surface area contributed by atoms with Gasteiger partial charge in [-0.1, -0.05) is 18.2 Å². The predicted molar refractivity (Wildman–Crippen MR) is 76.4 cm³/mol. The van der Waals surface area contributed by atoms with Crippen LogP contribution >= 0.6 is 0 Å². The van der Waals surface area contributed by atoms with E-state index in [-0.39, 0.29) is 5.91 Å². The summed E-state index contributed by atoms with van der Waals surface area (Å²) in [5, 5.41) is 2.80. The summed E-state index contributed by atoms with van der Waals surface area (Å²) < 4.78 is 5.38. The van der Waals surface area contributed by atoms with Gasteiger partial charge in [-0.3, -0.25) is 4.79 Å². The fourth-order valence-electron chi connectivity index (χ4n) is 1.73. The smallest absolute Gasteiger partial charge is 0.257 e. The number of benzene rings is 2. The normalized spacial score (nSPS) is 9.95. The molecule has 2 aromatic rings. The Bertz CT molecular complexity index is 582. The molecule has 0 aromatic heterocycles. The molecule has 1 amide bonds. The van der Waals surface area contributed by atoms with Crippen LogP contribution in [-0.2, 0) is 0 Å². The van der Waals surface area contributed by atoms with E-state index in [0.717, 1.165) is 5.75 Å². The van der Waals surface area contributed by atoms with E-state index in [9.17, 15) is 4.79 Å². The van der Waals surface area contributed by atoms with Crippen LogP contribution in [-0.4, -0.2) is 12.5 Å². The first-order chi connectivity index (χ1) is 9.20. The van der Waals surface area contributed by atoms with Gasteiger partial charge >= 0.3 is 0 Å².